The van der Waals surface area contributed by atoms with E-state index in [2.05, 4.69) is 37.9 Å². The number of hydrogen-bond donors (Lipinski definition) is 1. The van der Waals surface area contributed by atoms with Crippen molar-refractivity contribution in [3.05, 3.63) is 0 Å². The van der Waals surface area contributed by atoms with E-state index in [1.807, 2.05) is 6.92 Å². The predicted molar refractivity (Wildman–Crippen MR) is 71.2 cm³/mol. The van der Waals surface area contributed by atoms with Gasteiger partial charge in [0.2, 0.25) is 0 Å². The van der Waals surface area contributed by atoms with Crippen LogP contribution in [0.2, 0.25) is 0 Å². The van der Waals surface area contributed by atoms with Gasteiger partial charge in [-0.1, -0.05) is 27.2 Å². The van der Waals surface area contributed by atoms with Gasteiger partial charge in [0.15, 0.2) is 0 Å². The van der Waals surface area contributed by atoms with E-state index in [-0.39, 0.29) is 0 Å². The normalized spacial score (nSPS) is 29.9. The number of hydrogen-bond acceptors (Lipinski definition) is 1. The van der Waals surface area contributed by atoms with Crippen molar-refractivity contribution in [3.8, 4) is 11.8 Å². The summed E-state index contributed by atoms with van der Waals surface area (Å²) in [5.41, 5.74) is 0. The van der Waals surface area contributed by atoms with Crippen molar-refractivity contribution in [3.63, 3.8) is 0 Å². The zero-order valence-electron chi connectivity index (χ0n) is 11.3. The van der Waals surface area contributed by atoms with Crippen molar-refractivity contribution in [1.82, 2.24) is 5.32 Å². The smallest absolute Gasteiger partial charge is 0.0214 e. The van der Waals surface area contributed by atoms with Crippen LogP contribution >= 0.6 is 0 Å². The van der Waals surface area contributed by atoms with Crippen molar-refractivity contribution >= 4 is 0 Å². The van der Waals surface area contributed by atoms with E-state index >= 15 is 0 Å². The third-order valence-electron chi connectivity index (χ3n) is 3.86. The Balaban J connectivity index is 2.40. The van der Waals surface area contributed by atoms with Gasteiger partial charge in [0, 0.05) is 19.0 Å². The maximum absolute atomic E-state index is 3.72. The highest BCUT2D eigenvalue weighted by molar-refractivity contribution is 4.96. The summed E-state index contributed by atoms with van der Waals surface area (Å²) < 4.78 is 0. The molecule has 1 N–H and O–H groups in total. The summed E-state index contributed by atoms with van der Waals surface area (Å²) in [6, 6.07) is 0.724. The lowest BCUT2D eigenvalue weighted by Gasteiger charge is -2.38. The van der Waals surface area contributed by atoms with Crippen LogP contribution in [0.1, 0.15) is 53.4 Å². The summed E-state index contributed by atoms with van der Waals surface area (Å²) in [5, 5.41) is 3.72. The van der Waals surface area contributed by atoms with Crippen LogP contribution in [0.5, 0.6) is 0 Å². The van der Waals surface area contributed by atoms with Gasteiger partial charge >= 0.3 is 0 Å². The minimum absolute atomic E-state index is 0.724. The Kier molecular flexibility index (Phi) is 5.91. The maximum atomic E-state index is 3.72. The molecule has 1 aliphatic rings. The van der Waals surface area contributed by atoms with E-state index in [0.29, 0.717) is 0 Å². The molecule has 0 aromatic carbocycles. The first-order valence-corrected chi connectivity index (χ1v) is 6.78. The molecule has 1 saturated carbocycles. The Labute approximate surface area is 101 Å². The largest absolute Gasteiger partial charge is 0.313 e. The standard InChI is InChI=1S/C15H27N/c1-5-6-7-10-16-15-11-13(4)8-9-14(15)12(2)3/h12-16H,7-11H2,1-4H3. The molecule has 0 radical (unpaired) electrons. The van der Waals surface area contributed by atoms with Gasteiger partial charge in [-0.15, -0.1) is 11.8 Å². The minimum Gasteiger partial charge on any atom is -0.313 e. The van der Waals surface area contributed by atoms with Gasteiger partial charge in [-0.2, -0.15) is 0 Å². The Bertz CT molecular complexity index is 246. The minimum atomic E-state index is 0.724. The van der Waals surface area contributed by atoms with Crippen LogP contribution in [0.3, 0.4) is 0 Å². The van der Waals surface area contributed by atoms with E-state index in [1.165, 1.54) is 19.3 Å². The van der Waals surface area contributed by atoms with E-state index in [4.69, 9.17) is 0 Å². The van der Waals surface area contributed by atoms with Crippen molar-refractivity contribution in [2.75, 3.05) is 6.54 Å². The highest BCUT2D eigenvalue weighted by atomic mass is 14.9. The van der Waals surface area contributed by atoms with Gasteiger partial charge in [0.25, 0.3) is 0 Å². The molecule has 0 heterocycles. The fourth-order valence-electron chi connectivity index (χ4n) is 2.88. The van der Waals surface area contributed by atoms with Crippen molar-refractivity contribution < 1.29 is 0 Å². The highest BCUT2D eigenvalue weighted by Gasteiger charge is 2.29. The lowest BCUT2D eigenvalue weighted by Crippen LogP contribution is -2.43. The first-order valence-electron chi connectivity index (χ1n) is 6.78. The van der Waals surface area contributed by atoms with E-state index in [1.54, 1.807) is 0 Å². The van der Waals surface area contributed by atoms with Gasteiger partial charge in [-0.3, -0.25) is 0 Å². The topological polar surface area (TPSA) is 12.0 Å². The molecule has 0 spiro atoms. The van der Waals surface area contributed by atoms with E-state index in [9.17, 15) is 0 Å². The summed E-state index contributed by atoms with van der Waals surface area (Å²) in [4.78, 5) is 0. The van der Waals surface area contributed by atoms with Crippen molar-refractivity contribution in [1.29, 1.82) is 0 Å². The summed E-state index contributed by atoms with van der Waals surface area (Å²) >= 11 is 0. The number of rotatable bonds is 4. The summed E-state index contributed by atoms with van der Waals surface area (Å²) in [5.74, 6) is 8.66. The molecule has 3 atom stereocenters. The van der Waals surface area contributed by atoms with Gasteiger partial charge < -0.3 is 5.32 Å². The molecule has 1 fully saturated rings. The first kappa shape index (κ1) is 13.6. The summed E-state index contributed by atoms with van der Waals surface area (Å²) in [6.45, 7) is 10.1. The van der Waals surface area contributed by atoms with Crippen LogP contribution < -0.4 is 5.32 Å². The Morgan fingerprint density at radius 2 is 2.06 bits per heavy atom. The summed E-state index contributed by atoms with van der Waals surface area (Å²) in [6.07, 6.45) is 5.15. The third kappa shape index (κ3) is 4.18. The first-order chi connectivity index (χ1) is 7.65. The van der Waals surface area contributed by atoms with Crippen molar-refractivity contribution in [2.45, 2.75) is 59.4 Å². The van der Waals surface area contributed by atoms with Gasteiger partial charge in [-0.25, -0.2) is 0 Å². The van der Waals surface area contributed by atoms with Crippen LogP contribution in [-0.4, -0.2) is 12.6 Å². The monoisotopic (exact) mass is 221 g/mol. The molecular weight excluding hydrogens is 194 g/mol. The predicted octanol–water partition coefficient (Wildman–Crippen LogP) is 3.45. The Morgan fingerprint density at radius 1 is 1.31 bits per heavy atom. The molecule has 1 heteroatoms. The average Bonchev–Trinajstić information content (AvgIpc) is 2.24. The molecule has 0 saturated heterocycles. The molecule has 92 valence electrons. The lowest BCUT2D eigenvalue weighted by atomic mass is 9.74. The molecule has 0 aromatic rings. The Hall–Kier alpha value is -0.480. The van der Waals surface area contributed by atoms with Crippen molar-refractivity contribution in [2.24, 2.45) is 17.8 Å². The van der Waals surface area contributed by atoms with Crippen LogP contribution in [-0.2, 0) is 0 Å². The molecule has 0 bridgehead atoms. The van der Waals surface area contributed by atoms with Crippen LogP contribution in [0.4, 0.5) is 0 Å². The highest BCUT2D eigenvalue weighted by Crippen LogP contribution is 2.33. The maximum Gasteiger partial charge on any atom is 0.0214 e. The van der Waals surface area contributed by atoms with Gasteiger partial charge in [0.05, 0.1) is 0 Å². The fourth-order valence-corrected chi connectivity index (χ4v) is 2.88. The molecule has 1 nitrogen and oxygen atoms in total. The van der Waals surface area contributed by atoms with Crippen LogP contribution in [0, 0.1) is 29.6 Å². The van der Waals surface area contributed by atoms with Crippen LogP contribution in [0.15, 0.2) is 0 Å². The second kappa shape index (κ2) is 6.97. The zero-order chi connectivity index (χ0) is 12.0. The number of nitrogens with one attached hydrogen (secondary N) is 1. The molecule has 0 amide bonds. The van der Waals surface area contributed by atoms with E-state index in [0.717, 1.165) is 36.8 Å². The average molecular weight is 221 g/mol. The molecule has 0 aliphatic heterocycles. The molecule has 1 rings (SSSR count). The lowest BCUT2D eigenvalue weighted by molar-refractivity contribution is 0.171. The molecule has 16 heavy (non-hydrogen) atoms. The quantitative estimate of drug-likeness (QED) is 0.566. The second-order valence-corrected chi connectivity index (χ2v) is 5.56. The van der Waals surface area contributed by atoms with Gasteiger partial charge in [0.1, 0.15) is 0 Å². The summed E-state index contributed by atoms with van der Waals surface area (Å²) in [7, 11) is 0. The second-order valence-electron chi connectivity index (χ2n) is 5.56. The van der Waals surface area contributed by atoms with Gasteiger partial charge in [-0.05, 0) is 37.5 Å². The zero-order valence-corrected chi connectivity index (χ0v) is 11.3. The molecule has 1 aliphatic carbocycles. The third-order valence-corrected chi connectivity index (χ3v) is 3.86. The van der Waals surface area contributed by atoms with Crippen LogP contribution in [0.25, 0.3) is 0 Å². The molecular formula is C15H27N. The van der Waals surface area contributed by atoms with E-state index < -0.39 is 0 Å². The molecule has 3 unspecified atom stereocenters. The molecule has 0 aromatic heterocycles. The SMILES string of the molecule is CC#CCCNC1CC(C)CCC1C(C)C. The fraction of sp³-hybridized carbons (Fsp3) is 0.867. The Morgan fingerprint density at radius 3 is 2.69 bits per heavy atom.